The third-order valence-electron chi connectivity index (χ3n) is 4.43. The van der Waals surface area contributed by atoms with Gasteiger partial charge in [0, 0.05) is 5.92 Å². The van der Waals surface area contributed by atoms with E-state index in [0.717, 1.165) is 6.42 Å². The first-order chi connectivity index (χ1) is 7.50. The van der Waals surface area contributed by atoms with Crippen LogP contribution in [-0.4, -0.2) is 11.2 Å². The molecule has 0 aliphatic heterocycles. The van der Waals surface area contributed by atoms with Gasteiger partial charge in [-0.1, -0.05) is 37.1 Å². The Labute approximate surface area is 99.3 Å². The van der Waals surface area contributed by atoms with Crippen molar-refractivity contribution in [3.8, 4) is 0 Å². The zero-order valence-corrected chi connectivity index (χ0v) is 10.9. The van der Waals surface area contributed by atoms with Gasteiger partial charge in [0.2, 0.25) is 0 Å². The van der Waals surface area contributed by atoms with E-state index in [-0.39, 0.29) is 6.10 Å². The normalized spacial score (nSPS) is 39.1. The molecule has 0 aromatic heterocycles. The first kappa shape index (κ1) is 11.9. The van der Waals surface area contributed by atoms with Crippen LogP contribution in [0, 0.1) is 23.7 Å². The molecule has 0 aromatic carbocycles. The molecular formula is C15H24O. The smallest absolute Gasteiger partial charge is 0.0648 e. The molecule has 0 fully saturated rings. The fraction of sp³-hybridized carbons (Fsp3) is 0.733. The molecule has 0 aromatic rings. The van der Waals surface area contributed by atoms with Crippen molar-refractivity contribution < 1.29 is 5.11 Å². The molecule has 0 amide bonds. The SMILES string of the molecule is CC1=CC2C(C(C)C)CC=C(C)C2C(O)C1. The number of aliphatic hydroxyl groups excluding tert-OH is 1. The van der Waals surface area contributed by atoms with Gasteiger partial charge >= 0.3 is 0 Å². The van der Waals surface area contributed by atoms with Crippen LogP contribution in [0.5, 0.6) is 0 Å². The van der Waals surface area contributed by atoms with Crippen LogP contribution in [0.1, 0.15) is 40.5 Å². The summed E-state index contributed by atoms with van der Waals surface area (Å²) in [6.07, 6.45) is 6.66. The third-order valence-corrected chi connectivity index (χ3v) is 4.43. The summed E-state index contributed by atoms with van der Waals surface area (Å²) in [6, 6.07) is 0. The van der Waals surface area contributed by atoms with Crippen molar-refractivity contribution in [1.82, 2.24) is 0 Å². The highest BCUT2D eigenvalue weighted by Crippen LogP contribution is 2.45. The summed E-state index contributed by atoms with van der Waals surface area (Å²) in [7, 11) is 0. The average molecular weight is 220 g/mol. The summed E-state index contributed by atoms with van der Waals surface area (Å²) in [6.45, 7) is 8.96. The van der Waals surface area contributed by atoms with E-state index in [1.54, 1.807) is 0 Å². The summed E-state index contributed by atoms with van der Waals surface area (Å²) in [4.78, 5) is 0. The molecular weight excluding hydrogens is 196 g/mol. The minimum Gasteiger partial charge on any atom is -0.392 e. The molecule has 2 aliphatic rings. The van der Waals surface area contributed by atoms with E-state index >= 15 is 0 Å². The van der Waals surface area contributed by atoms with Gasteiger partial charge in [0.05, 0.1) is 6.10 Å². The predicted octanol–water partition coefficient (Wildman–Crippen LogP) is 3.55. The lowest BCUT2D eigenvalue weighted by molar-refractivity contribution is 0.0620. The van der Waals surface area contributed by atoms with Gasteiger partial charge in [-0.25, -0.2) is 0 Å². The van der Waals surface area contributed by atoms with Gasteiger partial charge in [-0.15, -0.1) is 0 Å². The Balaban J connectivity index is 2.35. The van der Waals surface area contributed by atoms with E-state index in [9.17, 15) is 5.11 Å². The summed E-state index contributed by atoms with van der Waals surface area (Å²) in [5.74, 6) is 2.35. The first-order valence-corrected chi connectivity index (χ1v) is 6.52. The highest BCUT2D eigenvalue weighted by atomic mass is 16.3. The van der Waals surface area contributed by atoms with Gasteiger partial charge in [-0.3, -0.25) is 0 Å². The molecule has 1 heteroatoms. The average Bonchev–Trinajstić information content (AvgIpc) is 2.15. The summed E-state index contributed by atoms with van der Waals surface area (Å²) in [5.41, 5.74) is 2.77. The van der Waals surface area contributed by atoms with Crippen molar-refractivity contribution in [2.45, 2.75) is 46.6 Å². The van der Waals surface area contributed by atoms with Crippen LogP contribution in [-0.2, 0) is 0 Å². The molecule has 0 spiro atoms. The third kappa shape index (κ3) is 1.98. The highest BCUT2D eigenvalue weighted by molar-refractivity contribution is 5.23. The second-order valence-corrected chi connectivity index (χ2v) is 5.98. The molecule has 0 saturated carbocycles. The van der Waals surface area contributed by atoms with Crippen LogP contribution in [0.4, 0.5) is 0 Å². The molecule has 1 nitrogen and oxygen atoms in total. The van der Waals surface area contributed by atoms with Gasteiger partial charge in [-0.2, -0.15) is 0 Å². The maximum absolute atomic E-state index is 10.3. The van der Waals surface area contributed by atoms with Crippen molar-refractivity contribution in [1.29, 1.82) is 0 Å². The van der Waals surface area contributed by atoms with Crippen LogP contribution in [0.3, 0.4) is 0 Å². The van der Waals surface area contributed by atoms with Crippen molar-refractivity contribution in [3.05, 3.63) is 23.3 Å². The Morgan fingerprint density at radius 2 is 2.00 bits per heavy atom. The van der Waals surface area contributed by atoms with Crippen LogP contribution < -0.4 is 0 Å². The van der Waals surface area contributed by atoms with E-state index in [4.69, 9.17) is 0 Å². The summed E-state index contributed by atoms with van der Waals surface area (Å²) in [5, 5.41) is 10.3. The van der Waals surface area contributed by atoms with Crippen LogP contribution in [0.15, 0.2) is 23.3 Å². The molecule has 2 rings (SSSR count). The topological polar surface area (TPSA) is 20.2 Å². The van der Waals surface area contributed by atoms with Crippen molar-refractivity contribution in [2.24, 2.45) is 23.7 Å². The predicted molar refractivity (Wildman–Crippen MR) is 68.1 cm³/mol. The molecule has 0 heterocycles. The zero-order chi connectivity index (χ0) is 11.9. The fourth-order valence-corrected chi connectivity index (χ4v) is 3.54. The maximum Gasteiger partial charge on any atom is 0.0648 e. The standard InChI is InChI=1S/C15H24O/c1-9(2)12-6-5-11(4)15-13(12)7-10(3)8-14(15)16/h5,7,9,12-16H,6,8H2,1-4H3. The van der Waals surface area contributed by atoms with Crippen molar-refractivity contribution >= 4 is 0 Å². The zero-order valence-electron chi connectivity index (χ0n) is 10.9. The monoisotopic (exact) mass is 220 g/mol. The van der Waals surface area contributed by atoms with Gasteiger partial charge in [0.1, 0.15) is 0 Å². The van der Waals surface area contributed by atoms with E-state index in [1.165, 1.54) is 17.6 Å². The molecule has 2 aliphatic carbocycles. The van der Waals surface area contributed by atoms with E-state index < -0.39 is 0 Å². The molecule has 16 heavy (non-hydrogen) atoms. The van der Waals surface area contributed by atoms with Crippen molar-refractivity contribution in [3.63, 3.8) is 0 Å². The molecule has 4 unspecified atom stereocenters. The molecule has 0 radical (unpaired) electrons. The van der Waals surface area contributed by atoms with Gasteiger partial charge in [-0.05, 0) is 44.4 Å². The van der Waals surface area contributed by atoms with E-state index in [2.05, 4.69) is 39.8 Å². The fourth-order valence-electron chi connectivity index (χ4n) is 3.54. The van der Waals surface area contributed by atoms with E-state index in [0.29, 0.717) is 23.7 Å². The minimum atomic E-state index is -0.159. The Bertz CT molecular complexity index is 324. The number of fused-ring (bicyclic) bond motifs is 1. The Hall–Kier alpha value is -0.560. The van der Waals surface area contributed by atoms with E-state index in [1.807, 2.05) is 0 Å². The highest BCUT2D eigenvalue weighted by Gasteiger charge is 2.39. The first-order valence-electron chi connectivity index (χ1n) is 6.52. The number of aliphatic hydroxyl groups is 1. The summed E-state index contributed by atoms with van der Waals surface area (Å²) < 4.78 is 0. The lowest BCUT2D eigenvalue weighted by atomic mass is 9.63. The number of hydrogen-bond donors (Lipinski definition) is 1. The Morgan fingerprint density at radius 3 is 2.62 bits per heavy atom. The van der Waals surface area contributed by atoms with Crippen LogP contribution in [0.2, 0.25) is 0 Å². The molecule has 1 N–H and O–H groups in total. The molecule has 90 valence electrons. The largest absolute Gasteiger partial charge is 0.392 e. The Kier molecular flexibility index (Phi) is 3.25. The van der Waals surface area contributed by atoms with Gasteiger partial charge in [0.15, 0.2) is 0 Å². The molecule has 0 saturated heterocycles. The molecule has 0 bridgehead atoms. The quantitative estimate of drug-likeness (QED) is 0.670. The van der Waals surface area contributed by atoms with Crippen molar-refractivity contribution in [2.75, 3.05) is 0 Å². The minimum absolute atomic E-state index is 0.159. The number of rotatable bonds is 1. The lowest BCUT2D eigenvalue weighted by Crippen LogP contribution is -2.39. The number of allylic oxidation sites excluding steroid dienone is 2. The number of hydrogen-bond acceptors (Lipinski definition) is 1. The Morgan fingerprint density at radius 1 is 1.31 bits per heavy atom. The van der Waals surface area contributed by atoms with Crippen LogP contribution >= 0.6 is 0 Å². The maximum atomic E-state index is 10.3. The summed E-state index contributed by atoms with van der Waals surface area (Å²) >= 11 is 0. The van der Waals surface area contributed by atoms with Gasteiger partial charge < -0.3 is 5.11 Å². The lowest BCUT2D eigenvalue weighted by Gasteiger charge is -2.43. The van der Waals surface area contributed by atoms with Gasteiger partial charge in [0.25, 0.3) is 0 Å². The molecule has 4 atom stereocenters. The second kappa shape index (κ2) is 4.37. The van der Waals surface area contributed by atoms with Crippen LogP contribution in [0.25, 0.3) is 0 Å². The second-order valence-electron chi connectivity index (χ2n) is 5.98.